The lowest BCUT2D eigenvalue weighted by Crippen LogP contribution is -2.52. The van der Waals surface area contributed by atoms with Crippen LogP contribution in [0.25, 0.3) is 0 Å². The predicted octanol–water partition coefficient (Wildman–Crippen LogP) is 0.869. The minimum Gasteiger partial charge on any atom is -0.480 e. The summed E-state index contributed by atoms with van der Waals surface area (Å²) in [6.07, 6.45) is 5.17. The van der Waals surface area contributed by atoms with Crippen LogP contribution in [0.1, 0.15) is 18.4 Å². The highest BCUT2D eigenvalue weighted by atomic mass is 16.5. The summed E-state index contributed by atoms with van der Waals surface area (Å²) in [5, 5.41) is 3.09. The number of aromatic nitrogens is 2. The highest BCUT2D eigenvalue weighted by molar-refractivity contribution is 5.82. The van der Waals surface area contributed by atoms with Crippen LogP contribution in [-0.2, 0) is 18.3 Å². The number of rotatable bonds is 3. The van der Waals surface area contributed by atoms with Gasteiger partial charge in [0.1, 0.15) is 5.75 Å². The molecule has 2 atom stereocenters. The smallest absolute Gasteiger partial charge is 0.293 e. The Balaban J connectivity index is 1.40. The number of piperidine rings is 1. The van der Waals surface area contributed by atoms with Crippen LogP contribution < -0.4 is 20.5 Å². The van der Waals surface area contributed by atoms with E-state index in [-0.39, 0.29) is 17.5 Å². The standard InChI is InChI=1S/C19H22N4O3/c1-22-10-8-20-17(19(22)25)23-9-4-6-14(12-23)21-18(24)16-11-13-5-2-3-7-15(13)26-16/h2-3,5,7-8,10,14,16H,4,6,9,11-12H2,1H3,(H,21,24). The van der Waals surface area contributed by atoms with Gasteiger partial charge < -0.3 is 19.5 Å². The van der Waals surface area contributed by atoms with Gasteiger partial charge in [0, 0.05) is 45.0 Å². The number of anilines is 1. The Hall–Kier alpha value is -2.83. The number of benzene rings is 1. The third-order valence-electron chi connectivity index (χ3n) is 5.01. The van der Waals surface area contributed by atoms with Crippen molar-refractivity contribution < 1.29 is 9.53 Å². The molecule has 1 aromatic heterocycles. The van der Waals surface area contributed by atoms with E-state index in [2.05, 4.69) is 10.3 Å². The van der Waals surface area contributed by atoms with Crippen molar-refractivity contribution in [1.82, 2.24) is 14.9 Å². The van der Waals surface area contributed by atoms with Crippen molar-refractivity contribution in [1.29, 1.82) is 0 Å². The molecule has 0 bridgehead atoms. The van der Waals surface area contributed by atoms with Crippen molar-refractivity contribution >= 4 is 11.7 Å². The lowest BCUT2D eigenvalue weighted by atomic mass is 10.0. The third-order valence-corrected chi connectivity index (χ3v) is 5.01. The van der Waals surface area contributed by atoms with Crippen LogP contribution in [0.3, 0.4) is 0 Å². The number of fused-ring (bicyclic) bond motifs is 1. The normalized spacial score (nSPS) is 21.8. The molecule has 26 heavy (non-hydrogen) atoms. The highest BCUT2D eigenvalue weighted by Gasteiger charge is 2.31. The van der Waals surface area contributed by atoms with E-state index in [0.29, 0.717) is 18.8 Å². The molecule has 1 fully saturated rings. The molecular formula is C19H22N4O3. The van der Waals surface area contributed by atoms with Gasteiger partial charge in [-0.3, -0.25) is 9.59 Å². The third kappa shape index (κ3) is 3.16. The molecule has 2 aliphatic rings. The first kappa shape index (κ1) is 16.6. The summed E-state index contributed by atoms with van der Waals surface area (Å²) >= 11 is 0. The van der Waals surface area contributed by atoms with Crippen LogP contribution in [0.2, 0.25) is 0 Å². The molecular weight excluding hydrogens is 332 g/mol. The van der Waals surface area contributed by atoms with Gasteiger partial charge in [-0.15, -0.1) is 0 Å². The Labute approximate surface area is 151 Å². The van der Waals surface area contributed by atoms with Crippen LogP contribution in [0, 0.1) is 0 Å². The first-order valence-electron chi connectivity index (χ1n) is 8.93. The number of nitrogens with zero attached hydrogens (tertiary/aromatic N) is 3. The van der Waals surface area contributed by atoms with Crippen LogP contribution in [0.4, 0.5) is 5.82 Å². The molecule has 1 N–H and O–H groups in total. The van der Waals surface area contributed by atoms with Gasteiger partial charge in [-0.25, -0.2) is 4.98 Å². The fourth-order valence-corrected chi connectivity index (χ4v) is 3.61. The molecule has 4 rings (SSSR count). The molecule has 1 saturated heterocycles. The number of carbonyl (C=O) groups is 1. The molecule has 0 spiro atoms. The maximum Gasteiger partial charge on any atom is 0.293 e. The number of ether oxygens (including phenoxy) is 1. The monoisotopic (exact) mass is 354 g/mol. The maximum absolute atomic E-state index is 12.6. The second-order valence-electron chi connectivity index (χ2n) is 6.88. The Morgan fingerprint density at radius 1 is 1.35 bits per heavy atom. The van der Waals surface area contributed by atoms with Gasteiger partial charge in [0.05, 0.1) is 0 Å². The maximum atomic E-state index is 12.6. The van der Waals surface area contributed by atoms with Crippen molar-refractivity contribution in [2.24, 2.45) is 7.05 Å². The van der Waals surface area contributed by atoms with E-state index in [9.17, 15) is 9.59 Å². The van der Waals surface area contributed by atoms with Crippen molar-refractivity contribution in [2.75, 3.05) is 18.0 Å². The van der Waals surface area contributed by atoms with E-state index in [1.165, 1.54) is 4.57 Å². The summed E-state index contributed by atoms with van der Waals surface area (Å²) in [4.78, 5) is 31.1. The summed E-state index contributed by atoms with van der Waals surface area (Å²) in [6, 6.07) is 7.72. The zero-order chi connectivity index (χ0) is 18.1. The van der Waals surface area contributed by atoms with Gasteiger partial charge in [0.2, 0.25) is 0 Å². The molecule has 0 radical (unpaired) electrons. The molecule has 7 nitrogen and oxygen atoms in total. The summed E-state index contributed by atoms with van der Waals surface area (Å²) < 4.78 is 7.29. The number of amides is 1. The number of nitrogens with one attached hydrogen (secondary N) is 1. The van der Waals surface area contributed by atoms with E-state index in [1.54, 1.807) is 19.4 Å². The number of carbonyl (C=O) groups excluding carboxylic acids is 1. The summed E-state index contributed by atoms with van der Waals surface area (Å²) in [7, 11) is 1.71. The first-order valence-corrected chi connectivity index (χ1v) is 8.93. The van der Waals surface area contributed by atoms with E-state index in [0.717, 1.165) is 30.7 Å². The molecule has 136 valence electrons. The summed E-state index contributed by atoms with van der Waals surface area (Å²) in [6.45, 7) is 1.35. The molecule has 0 aliphatic carbocycles. The van der Waals surface area contributed by atoms with Crippen molar-refractivity contribution in [3.63, 3.8) is 0 Å². The van der Waals surface area contributed by atoms with E-state index < -0.39 is 6.10 Å². The van der Waals surface area contributed by atoms with E-state index >= 15 is 0 Å². The van der Waals surface area contributed by atoms with Crippen LogP contribution in [-0.4, -0.2) is 40.7 Å². The largest absolute Gasteiger partial charge is 0.480 e. The quantitative estimate of drug-likeness (QED) is 0.885. The van der Waals surface area contributed by atoms with Gasteiger partial charge in [0.25, 0.3) is 11.5 Å². The SMILES string of the molecule is Cn1ccnc(N2CCCC(NC(=O)C3Cc4ccccc4O3)C2)c1=O. The first-order chi connectivity index (χ1) is 12.6. The zero-order valence-electron chi connectivity index (χ0n) is 14.7. The predicted molar refractivity (Wildman–Crippen MR) is 97.4 cm³/mol. The lowest BCUT2D eigenvalue weighted by Gasteiger charge is -2.33. The van der Waals surface area contributed by atoms with Gasteiger partial charge in [-0.1, -0.05) is 18.2 Å². The Kier molecular flexibility index (Phi) is 4.36. The van der Waals surface area contributed by atoms with Crippen LogP contribution >= 0.6 is 0 Å². The minimum absolute atomic E-state index is 0.0183. The zero-order valence-corrected chi connectivity index (χ0v) is 14.7. The Morgan fingerprint density at radius 2 is 2.19 bits per heavy atom. The average molecular weight is 354 g/mol. The fourth-order valence-electron chi connectivity index (χ4n) is 3.61. The van der Waals surface area contributed by atoms with Crippen molar-refractivity contribution in [2.45, 2.75) is 31.4 Å². The van der Waals surface area contributed by atoms with Gasteiger partial charge in [-0.05, 0) is 24.5 Å². The number of para-hydroxylation sites is 1. The minimum atomic E-state index is -0.481. The summed E-state index contributed by atoms with van der Waals surface area (Å²) in [5.74, 6) is 1.13. The average Bonchev–Trinajstić information content (AvgIpc) is 3.09. The molecule has 7 heteroatoms. The van der Waals surface area contributed by atoms with Gasteiger partial charge >= 0.3 is 0 Å². The number of hydrogen-bond acceptors (Lipinski definition) is 5. The summed E-state index contributed by atoms with van der Waals surface area (Å²) in [5.41, 5.74) is 0.948. The lowest BCUT2D eigenvalue weighted by molar-refractivity contribution is -0.128. The molecule has 1 aromatic carbocycles. The second-order valence-corrected chi connectivity index (χ2v) is 6.88. The van der Waals surface area contributed by atoms with Crippen molar-refractivity contribution in [3.8, 4) is 5.75 Å². The highest BCUT2D eigenvalue weighted by Crippen LogP contribution is 2.28. The second kappa shape index (κ2) is 6.82. The Morgan fingerprint density at radius 3 is 3.04 bits per heavy atom. The van der Waals surface area contributed by atoms with E-state index in [4.69, 9.17) is 4.74 Å². The van der Waals surface area contributed by atoms with E-state index in [1.807, 2.05) is 29.2 Å². The fraction of sp³-hybridized carbons (Fsp3) is 0.421. The molecule has 2 aromatic rings. The molecule has 2 unspecified atom stereocenters. The molecule has 2 aliphatic heterocycles. The molecule has 3 heterocycles. The van der Waals surface area contributed by atoms with Crippen molar-refractivity contribution in [3.05, 3.63) is 52.6 Å². The Bertz CT molecular complexity index is 854. The number of aryl methyl sites for hydroxylation is 1. The van der Waals surface area contributed by atoms with Gasteiger partial charge in [-0.2, -0.15) is 0 Å². The van der Waals surface area contributed by atoms with Crippen LogP contribution in [0.5, 0.6) is 5.75 Å². The topological polar surface area (TPSA) is 76.5 Å². The van der Waals surface area contributed by atoms with Crippen LogP contribution in [0.15, 0.2) is 41.5 Å². The molecule has 1 amide bonds. The van der Waals surface area contributed by atoms with Gasteiger partial charge in [0.15, 0.2) is 11.9 Å². The number of hydrogen-bond donors (Lipinski definition) is 1. The molecule has 0 saturated carbocycles.